The maximum Gasteiger partial charge on any atom is 0.270 e. The Hall–Kier alpha value is -2.14. The van der Waals surface area contributed by atoms with Crippen molar-refractivity contribution in [1.29, 1.82) is 0 Å². The summed E-state index contributed by atoms with van der Waals surface area (Å²) in [5.41, 5.74) is 0.774. The van der Waals surface area contributed by atoms with Gasteiger partial charge in [-0.15, -0.1) is 0 Å². The number of rotatable bonds is 4. The van der Waals surface area contributed by atoms with Crippen molar-refractivity contribution < 1.29 is 9.34 Å². The highest BCUT2D eigenvalue weighted by atomic mass is 16.6. The molecule has 0 saturated heterocycles. The zero-order valence-electron chi connectivity index (χ0n) is 9.34. The highest BCUT2D eigenvalue weighted by Crippen LogP contribution is 2.25. The Morgan fingerprint density at radius 1 is 1.35 bits per heavy atom. The van der Waals surface area contributed by atoms with Crippen molar-refractivity contribution in [2.24, 2.45) is 0 Å². The van der Waals surface area contributed by atoms with Gasteiger partial charge in [-0.3, -0.25) is 10.1 Å². The lowest BCUT2D eigenvalue weighted by Crippen LogP contribution is -2.03. The minimum Gasteiger partial charge on any atom is -0.460 e. The molecule has 0 atom stereocenters. The monoisotopic (exact) mass is 232 g/mol. The molecule has 0 aliphatic rings. The van der Waals surface area contributed by atoms with Gasteiger partial charge in [0.05, 0.1) is 11.5 Å². The van der Waals surface area contributed by atoms with E-state index in [1.54, 1.807) is 12.1 Å². The Morgan fingerprint density at radius 2 is 2.18 bits per heavy atom. The molecule has 2 aromatic rings. The van der Waals surface area contributed by atoms with Gasteiger partial charge in [0.2, 0.25) is 0 Å². The lowest BCUT2D eigenvalue weighted by Gasteiger charge is -1.97. The van der Waals surface area contributed by atoms with E-state index >= 15 is 0 Å². The predicted molar refractivity (Wildman–Crippen MR) is 63.6 cm³/mol. The summed E-state index contributed by atoms with van der Waals surface area (Å²) in [6.07, 6.45) is 0. The van der Waals surface area contributed by atoms with Crippen LogP contribution >= 0.6 is 0 Å². The van der Waals surface area contributed by atoms with E-state index in [4.69, 9.17) is 4.42 Å². The topological polar surface area (TPSA) is 68.3 Å². The first-order chi connectivity index (χ1) is 8.20. The second-order valence-electron chi connectivity index (χ2n) is 3.60. The summed E-state index contributed by atoms with van der Waals surface area (Å²) < 4.78 is 5.56. The summed E-state index contributed by atoms with van der Waals surface area (Å²) in [5, 5.41) is 13.6. The molecule has 0 aliphatic carbocycles. The second-order valence-corrected chi connectivity index (χ2v) is 3.60. The summed E-state index contributed by atoms with van der Waals surface area (Å²) >= 11 is 0. The van der Waals surface area contributed by atoms with Crippen LogP contribution in [0.1, 0.15) is 5.76 Å². The number of furan rings is 1. The fraction of sp³-hybridized carbons (Fsp3) is 0.167. The van der Waals surface area contributed by atoms with Gasteiger partial charge in [0.15, 0.2) is 0 Å². The summed E-state index contributed by atoms with van der Waals surface area (Å²) in [6.45, 7) is 0.634. The number of nitrogens with one attached hydrogen (secondary N) is 1. The molecule has 2 rings (SSSR count). The normalized spacial score (nSPS) is 10.4. The Labute approximate surface area is 98.2 Å². The zero-order valence-corrected chi connectivity index (χ0v) is 9.34. The highest BCUT2D eigenvalue weighted by Gasteiger charge is 2.09. The quantitative estimate of drug-likeness (QED) is 0.649. The molecule has 1 aromatic heterocycles. The van der Waals surface area contributed by atoms with E-state index in [2.05, 4.69) is 5.32 Å². The SMILES string of the molecule is CNCc1ccc(-c2cccc([N+](=O)[O-])c2)o1. The Morgan fingerprint density at radius 3 is 2.88 bits per heavy atom. The van der Waals surface area contributed by atoms with Crippen LogP contribution in [0.15, 0.2) is 40.8 Å². The van der Waals surface area contributed by atoms with Gasteiger partial charge in [0.1, 0.15) is 11.5 Å². The molecular weight excluding hydrogens is 220 g/mol. The van der Waals surface area contributed by atoms with E-state index in [0.29, 0.717) is 17.9 Å². The van der Waals surface area contributed by atoms with Crippen LogP contribution in [0.4, 0.5) is 5.69 Å². The molecule has 5 nitrogen and oxygen atoms in total. The summed E-state index contributed by atoms with van der Waals surface area (Å²) in [4.78, 5) is 10.2. The molecule has 17 heavy (non-hydrogen) atoms. The molecule has 0 aliphatic heterocycles. The van der Waals surface area contributed by atoms with Crippen LogP contribution in [0.5, 0.6) is 0 Å². The minimum absolute atomic E-state index is 0.0640. The van der Waals surface area contributed by atoms with E-state index in [1.807, 2.05) is 19.2 Å². The summed E-state index contributed by atoms with van der Waals surface area (Å²) in [6, 6.07) is 10.1. The predicted octanol–water partition coefficient (Wildman–Crippen LogP) is 2.57. The average Bonchev–Trinajstić information content (AvgIpc) is 2.78. The number of hydrogen-bond donors (Lipinski definition) is 1. The van der Waals surface area contributed by atoms with Crippen LogP contribution < -0.4 is 5.32 Å². The molecule has 88 valence electrons. The molecule has 0 unspecified atom stereocenters. The third-order valence-electron chi connectivity index (χ3n) is 2.35. The Bertz CT molecular complexity index is 534. The molecule has 5 heteroatoms. The first-order valence-corrected chi connectivity index (χ1v) is 5.19. The molecule has 1 aromatic carbocycles. The number of nitro groups is 1. The molecule has 0 fully saturated rings. The van der Waals surface area contributed by atoms with E-state index in [-0.39, 0.29) is 5.69 Å². The number of non-ortho nitro benzene ring substituents is 1. The van der Waals surface area contributed by atoms with E-state index in [0.717, 1.165) is 5.76 Å². The number of nitrogens with zero attached hydrogens (tertiary/aromatic N) is 1. The molecule has 1 N–H and O–H groups in total. The van der Waals surface area contributed by atoms with Crippen molar-refractivity contribution in [2.45, 2.75) is 6.54 Å². The molecule has 0 saturated carbocycles. The summed E-state index contributed by atoms with van der Waals surface area (Å²) in [5.74, 6) is 1.44. The maximum atomic E-state index is 10.7. The lowest BCUT2D eigenvalue weighted by atomic mass is 10.1. The van der Waals surface area contributed by atoms with Crippen molar-refractivity contribution in [3.05, 3.63) is 52.3 Å². The molecule has 0 radical (unpaired) electrons. The third-order valence-corrected chi connectivity index (χ3v) is 2.35. The van der Waals surface area contributed by atoms with Gasteiger partial charge < -0.3 is 9.73 Å². The van der Waals surface area contributed by atoms with Crippen LogP contribution in [0.3, 0.4) is 0 Å². The fourth-order valence-corrected chi connectivity index (χ4v) is 1.58. The molecule has 1 heterocycles. The standard InChI is InChI=1S/C12H12N2O3/c1-13-8-11-5-6-12(17-11)9-3-2-4-10(7-9)14(15)16/h2-7,13H,8H2,1H3. The van der Waals surface area contributed by atoms with Gasteiger partial charge in [-0.25, -0.2) is 0 Å². The van der Waals surface area contributed by atoms with Crippen LogP contribution in [-0.2, 0) is 6.54 Å². The van der Waals surface area contributed by atoms with Gasteiger partial charge in [-0.05, 0) is 19.2 Å². The lowest BCUT2D eigenvalue weighted by molar-refractivity contribution is -0.384. The average molecular weight is 232 g/mol. The van der Waals surface area contributed by atoms with Crippen LogP contribution in [0.25, 0.3) is 11.3 Å². The van der Waals surface area contributed by atoms with Gasteiger partial charge in [-0.2, -0.15) is 0 Å². The zero-order chi connectivity index (χ0) is 12.3. The van der Waals surface area contributed by atoms with E-state index < -0.39 is 4.92 Å². The van der Waals surface area contributed by atoms with Crippen LogP contribution in [-0.4, -0.2) is 12.0 Å². The Kier molecular flexibility index (Phi) is 3.20. The molecular formula is C12H12N2O3. The third kappa shape index (κ3) is 2.51. The largest absolute Gasteiger partial charge is 0.460 e. The summed E-state index contributed by atoms with van der Waals surface area (Å²) in [7, 11) is 1.83. The Balaban J connectivity index is 2.32. The van der Waals surface area contributed by atoms with Crippen LogP contribution in [0, 0.1) is 10.1 Å². The number of benzene rings is 1. The van der Waals surface area contributed by atoms with E-state index in [9.17, 15) is 10.1 Å². The second kappa shape index (κ2) is 4.80. The van der Waals surface area contributed by atoms with Gasteiger partial charge >= 0.3 is 0 Å². The van der Waals surface area contributed by atoms with Crippen LogP contribution in [0.2, 0.25) is 0 Å². The van der Waals surface area contributed by atoms with Crippen molar-refractivity contribution >= 4 is 5.69 Å². The van der Waals surface area contributed by atoms with Gasteiger partial charge in [0, 0.05) is 17.7 Å². The first kappa shape index (κ1) is 11.3. The molecule has 0 bridgehead atoms. The molecule has 0 amide bonds. The van der Waals surface area contributed by atoms with Crippen molar-refractivity contribution in [3.8, 4) is 11.3 Å². The smallest absolute Gasteiger partial charge is 0.270 e. The van der Waals surface area contributed by atoms with Crippen molar-refractivity contribution in [2.75, 3.05) is 7.05 Å². The minimum atomic E-state index is -0.416. The highest BCUT2D eigenvalue weighted by molar-refractivity contribution is 5.61. The van der Waals surface area contributed by atoms with Crippen molar-refractivity contribution in [1.82, 2.24) is 5.32 Å². The number of nitro benzene ring substituents is 1. The molecule has 0 spiro atoms. The number of hydrogen-bond acceptors (Lipinski definition) is 4. The first-order valence-electron chi connectivity index (χ1n) is 5.19. The van der Waals surface area contributed by atoms with Gasteiger partial charge in [-0.1, -0.05) is 12.1 Å². The van der Waals surface area contributed by atoms with Crippen molar-refractivity contribution in [3.63, 3.8) is 0 Å². The van der Waals surface area contributed by atoms with Gasteiger partial charge in [0.25, 0.3) is 5.69 Å². The fourth-order valence-electron chi connectivity index (χ4n) is 1.58. The maximum absolute atomic E-state index is 10.7. The van der Waals surface area contributed by atoms with E-state index in [1.165, 1.54) is 12.1 Å².